The van der Waals surface area contributed by atoms with Crippen molar-refractivity contribution in [3.63, 3.8) is 0 Å². The Hall–Kier alpha value is -0.150. The minimum atomic E-state index is -1.28. The van der Waals surface area contributed by atoms with Crippen LogP contribution in [0.5, 0.6) is 0 Å². The van der Waals surface area contributed by atoms with Crippen molar-refractivity contribution in [2.75, 3.05) is 0 Å². The van der Waals surface area contributed by atoms with Gasteiger partial charge in [-0.1, -0.05) is 52.5 Å². The van der Waals surface area contributed by atoms with Gasteiger partial charge in [0, 0.05) is 6.42 Å². The monoisotopic (exact) mass is 298 g/mol. The molecule has 0 amide bonds. The molecule has 1 aromatic rings. The number of halogens is 4. The molecule has 0 aromatic heterocycles. The van der Waals surface area contributed by atoms with Crippen LogP contribution in [0.25, 0.3) is 0 Å². The van der Waals surface area contributed by atoms with Crippen LogP contribution in [0.1, 0.15) is 12.0 Å². The fourth-order valence-electron chi connectivity index (χ4n) is 1.72. The maximum absolute atomic E-state index is 11.3. The van der Waals surface area contributed by atoms with Crippen LogP contribution < -0.4 is 0 Å². The molecule has 0 heterocycles. The number of carboxylic acids is 1. The van der Waals surface area contributed by atoms with E-state index in [9.17, 15) is 9.90 Å². The zero-order chi connectivity index (χ0) is 12.1. The smallest absolute Gasteiger partial charge is 0.317 e. The third kappa shape index (κ3) is 1.60. The number of carbonyl (C=O) groups is 1. The first-order valence-corrected chi connectivity index (χ1v) is 5.89. The van der Waals surface area contributed by atoms with Crippen LogP contribution in [-0.2, 0) is 10.2 Å². The van der Waals surface area contributed by atoms with Crippen molar-refractivity contribution < 1.29 is 9.90 Å². The molecule has 0 aliphatic heterocycles. The van der Waals surface area contributed by atoms with Crippen LogP contribution in [-0.4, -0.2) is 15.4 Å². The SMILES string of the molecule is O=C(O)C1(c2ccc(Cl)c(Cl)c2)CC1(Cl)Cl. The van der Waals surface area contributed by atoms with Crippen molar-refractivity contribution in [1.29, 1.82) is 0 Å². The van der Waals surface area contributed by atoms with Gasteiger partial charge in [-0.15, -0.1) is 0 Å². The number of benzene rings is 1. The number of carboxylic acid groups (broad SMARTS) is 1. The Bertz CT molecular complexity index is 472. The lowest BCUT2D eigenvalue weighted by molar-refractivity contribution is -0.140. The minimum Gasteiger partial charge on any atom is -0.480 e. The average Bonchev–Trinajstić information content (AvgIpc) is 2.75. The summed E-state index contributed by atoms with van der Waals surface area (Å²) in [6, 6.07) is 4.60. The quantitative estimate of drug-likeness (QED) is 0.841. The predicted octanol–water partition coefficient (Wildman–Crippen LogP) is 3.89. The molecule has 0 saturated heterocycles. The Morgan fingerprint density at radius 2 is 1.81 bits per heavy atom. The summed E-state index contributed by atoms with van der Waals surface area (Å²) in [6.07, 6.45) is 0.163. The number of hydrogen-bond acceptors (Lipinski definition) is 1. The maximum atomic E-state index is 11.3. The molecule has 1 aliphatic rings. The number of aliphatic carboxylic acids is 1. The van der Waals surface area contributed by atoms with Crippen molar-refractivity contribution in [1.82, 2.24) is 0 Å². The van der Waals surface area contributed by atoms with Crippen LogP contribution in [0.2, 0.25) is 10.0 Å². The van der Waals surface area contributed by atoms with E-state index in [-0.39, 0.29) is 11.4 Å². The van der Waals surface area contributed by atoms with Crippen LogP contribution >= 0.6 is 46.4 Å². The van der Waals surface area contributed by atoms with Gasteiger partial charge < -0.3 is 5.11 Å². The second-order valence-electron chi connectivity index (χ2n) is 3.72. The Balaban J connectivity index is 2.51. The lowest BCUT2D eigenvalue weighted by atomic mass is 9.96. The zero-order valence-corrected chi connectivity index (χ0v) is 10.8. The summed E-state index contributed by atoms with van der Waals surface area (Å²) >= 11 is 23.4. The van der Waals surface area contributed by atoms with Crippen LogP contribution in [0.3, 0.4) is 0 Å². The van der Waals surface area contributed by atoms with Gasteiger partial charge in [0.15, 0.2) is 0 Å². The molecule has 1 fully saturated rings. The highest BCUT2D eigenvalue weighted by molar-refractivity contribution is 6.54. The first-order valence-electron chi connectivity index (χ1n) is 4.38. The highest BCUT2D eigenvalue weighted by Crippen LogP contribution is 2.65. The lowest BCUT2D eigenvalue weighted by Crippen LogP contribution is -2.26. The fourth-order valence-corrected chi connectivity index (χ4v) is 2.80. The summed E-state index contributed by atoms with van der Waals surface area (Å²) in [6.45, 7) is 0. The molecular formula is C10H6Cl4O2. The van der Waals surface area contributed by atoms with E-state index >= 15 is 0 Å². The largest absolute Gasteiger partial charge is 0.480 e. The molecular weight excluding hydrogens is 294 g/mol. The van der Waals surface area contributed by atoms with E-state index in [1.165, 1.54) is 12.1 Å². The summed E-state index contributed by atoms with van der Waals surface area (Å²) < 4.78 is -1.28. The van der Waals surface area contributed by atoms with Crippen LogP contribution in [0.4, 0.5) is 0 Å². The molecule has 1 aromatic carbocycles. The molecule has 2 rings (SSSR count). The number of rotatable bonds is 2. The molecule has 1 unspecified atom stereocenters. The number of alkyl halides is 2. The van der Waals surface area contributed by atoms with E-state index in [4.69, 9.17) is 46.4 Å². The highest BCUT2D eigenvalue weighted by Gasteiger charge is 2.72. The Kier molecular flexibility index (Phi) is 2.83. The first-order chi connectivity index (χ1) is 7.31. The highest BCUT2D eigenvalue weighted by atomic mass is 35.5. The van der Waals surface area contributed by atoms with Gasteiger partial charge in [0.1, 0.15) is 9.75 Å². The summed E-state index contributed by atoms with van der Waals surface area (Å²) in [5.41, 5.74) is -0.802. The lowest BCUT2D eigenvalue weighted by Gasteiger charge is -2.14. The van der Waals surface area contributed by atoms with E-state index in [1.54, 1.807) is 6.07 Å². The number of hydrogen-bond donors (Lipinski definition) is 1. The van der Waals surface area contributed by atoms with E-state index in [2.05, 4.69) is 0 Å². The van der Waals surface area contributed by atoms with Gasteiger partial charge >= 0.3 is 5.97 Å². The van der Waals surface area contributed by atoms with Crippen LogP contribution in [0.15, 0.2) is 18.2 Å². The maximum Gasteiger partial charge on any atom is 0.317 e. The Labute approximate surface area is 112 Å². The van der Waals surface area contributed by atoms with Crippen molar-refractivity contribution in [3.05, 3.63) is 33.8 Å². The summed E-state index contributed by atoms with van der Waals surface area (Å²) in [5.74, 6) is -1.06. The average molecular weight is 300 g/mol. The van der Waals surface area contributed by atoms with Crippen LogP contribution in [0, 0.1) is 0 Å². The van der Waals surface area contributed by atoms with Gasteiger partial charge in [-0.25, -0.2) is 0 Å². The molecule has 16 heavy (non-hydrogen) atoms. The predicted molar refractivity (Wildman–Crippen MR) is 64.8 cm³/mol. The standard InChI is InChI=1S/C10H6Cl4O2/c11-6-2-1-5(3-7(6)12)9(8(15)16)4-10(9,13)14/h1-3H,4H2,(H,15,16). The molecule has 1 aliphatic carbocycles. The van der Waals surface area contributed by atoms with E-state index < -0.39 is 15.7 Å². The second-order valence-corrected chi connectivity index (χ2v) is 6.02. The third-order valence-electron chi connectivity index (χ3n) is 2.76. The molecule has 1 saturated carbocycles. The van der Waals surface area contributed by atoms with Gasteiger partial charge in [-0.2, -0.15) is 0 Å². The van der Waals surface area contributed by atoms with E-state index in [0.717, 1.165) is 0 Å². The first kappa shape index (κ1) is 12.3. The molecule has 86 valence electrons. The summed E-state index contributed by atoms with van der Waals surface area (Å²) in [7, 11) is 0. The van der Waals surface area contributed by atoms with E-state index in [1.807, 2.05) is 0 Å². The van der Waals surface area contributed by atoms with Gasteiger partial charge in [-0.3, -0.25) is 4.79 Å². The zero-order valence-electron chi connectivity index (χ0n) is 7.81. The van der Waals surface area contributed by atoms with Crippen molar-refractivity contribution in [2.45, 2.75) is 16.2 Å². The molecule has 1 atom stereocenters. The second kappa shape index (κ2) is 3.67. The topological polar surface area (TPSA) is 37.3 Å². The summed E-state index contributed by atoms with van der Waals surface area (Å²) in [5, 5.41) is 9.86. The molecule has 0 radical (unpaired) electrons. The normalized spacial score (nSPS) is 26.5. The molecule has 2 nitrogen and oxygen atoms in total. The van der Waals surface area contributed by atoms with Crippen molar-refractivity contribution in [2.24, 2.45) is 0 Å². The van der Waals surface area contributed by atoms with Gasteiger partial charge in [0.2, 0.25) is 0 Å². The molecule has 1 N–H and O–H groups in total. The molecule has 0 bridgehead atoms. The van der Waals surface area contributed by atoms with E-state index in [0.29, 0.717) is 10.6 Å². The summed E-state index contributed by atoms with van der Waals surface area (Å²) in [4.78, 5) is 11.3. The van der Waals surface area contributed by atoms with Gasteiger partial charge in [0.25, 0.3) is 0 Å². The van der Waals surface area contributed by atoms with Crippen molar-refractivity contribution >= 4 is 52.4 Å². The third-order valence-corrected chi connectivity index (χ3v) is 4.42. The molecule has 0 spiro atoms. The van der Waals surface area contributed by atoms with Gasteiger partial charge in [-0.05, 0) is 17.7 Å². The van der Waals surface area contributed by atoms with Crippen molar-refractivity contribution in [3.8, 4) is 0 Å². The Morgan fingerprint density at radius 1 is 1.25 bits per heavy atom. The Morgan fingerprint density at radius 3 is 2.19 bits per heavy atom. The van der Waals surface area contributed by atoms with Gasteiger partial charge in [0.05, 0.1) is 10.0 Å². The molecule has 6 heteroatoms. The minimum absolute atomic E-state index is 0.163. The fraction of sp³-hybridized carbons (Fsp3) is 0.300.